The molecule has 2 aromatic rings. The molecular weight excluding hydrogens is 272 g/mol. The highest BCUT2D eigenvalue weighted by Gasteiger charge is 2.17. The van der Waals surface area contributed by atoms with Crippen molar-refractivity contribution in [2.75, 3.05) is 13.7 Å². The van der Waals surface area contributed by atoms with Crippen molar-refractivity contribution in [3.8, 4) is 0 Å². The zero-order valence-corrected chi connectivity index (χ0v) is 11.5. The summed E-state index contributed by atoms with van der Waals surface area (Å²) in [7, 11) is 1.52. The SMILES string of the molecule is CNC(=O)c1cccc(C(=O)NC(CO)c2ccco2)c1. The van der Waals surface area contributed by atoms with Crippen LogP contribution in [0.5, 0.6) is 0 Å². The monoisotopic (exact) mass is 288 g/mol. The first-order valence-corrected chi connectivity index (χ1v) is 6.43. The lowest BCUT2D eigenvalue weighted by Crippen LogP contribution is -2.30. The van der Waals surface area contributed by atoms with Crippen LogP contribution in [0.25, 0.3) is 0 Å². The van der Waals surface area contributed by atoms with Crippen molar-refractivity contribution in [2.45, 2.75) is 6.04 Å². The summed E-state index contributed by atoms with van der Waals surface area (Å²) < 4.78 is 5.16. The number of furan rings is 1. The van der Waals surface area contributed by atoms with Crippen LogP contribution >= 0.6 is 0 Å². The molecular formula is C15H16N2O4. The maximum atomic E-state index is 12.2. The van der Waals surface area contributed by atoms with E-state index in [2.05, 4.69) is 10.6 Å². The fourth-order valence-electron chi connectivity index (χ4n) is 1.88. The van der Waals surface area contributed by atoms with Crippen LogP contribution in [0.3, 0.4) is 0 Å². The number of amides is 2. The Bertz CT molecular complexity index is 622. The van der Waals surface area contributed by atoms with Gasteiger partial charge in [-0.25, -0.2) is 0 Å². The van der Waals surface area contributed by atoms with Gasteiger partial charge in [-0.05, 0) is 30.3 Å². The zero-order chi connectivity index (χ0) is 15.2. The van der Waals surface area contributed by atoms with Gasteiger partial charge in [0.1, 0.15) is 11.8 Å². The van der Waals surface area contributed by atoms with Gasteiger partial charge in [0.2, 0.25) is 0 Å². The molecule has 2 amide bonds. The topological polar surface area (TPSA) is 91.6 Å². The number of aliphatic hydroxyl groups is 1. The fourth-order valence-corrected chi connectivity index (χ4v) is 1.88. The summed E-state index contributed by atoms with van der Waals surface area (Å²) in [6.45, 7) is -0.283. The Balaban J connectivity index is 2.14. The number of hydrogen-bond donors (Lipinski definition) is 3. The fraction of sp³-hybridized carbons (Fsp3) is 0.200. The van der Waals surface area contributed by atoms with Crippen molar-refractivity contribution >= 4 is 11.8 Å². The van der Waals surface area contributed by atoms with Crippen LogP contribution in [0.1, 0.15) is 32.5 Å². The molecule has 0 aliphatic rings. The lowest BCUT2D eigenvalue weighted by atomic mass is 10.1. The number of nitrogens with one attached hydrogen (secondary N) is 2. The lowest BCUT2D eigenvalue weighted by molar-refractivity contribution is 0.0907. The molecule has 0 radical (unpaired) electrons. The van der Waals surface area contributed by atoms with Crippen LogP contribution in [0.2, 0.25) is 0 Å². The maximum absolute atomic E-state index is 12.2. The molecule has 6 nitrogen and oxygen atoms in total. The molecule has 0 aliphatic heterocycles. The van der Waals surface area contributed by atoms with E-state index < -0.39 is 11.9 Å². The third kappa shape index (κ3) is 3.49. The zero-order valence-electron chi connectivity index (χ0n) is 11.5. The van der Waals surface area contributed by atoms with Gasteiger partial charge in [-0.1, -0.05) is 6.07 Å². The van der Waals surface area contributed by atoms with E-state index in [4.69, 9.17) is 4.42 Å². The first-order chi connectivity index (χ1) is 10.2. The third-order valence-electron chi connectivity index (χ3n) is 2.99. The van der Waals surface area contributed by atoms with E-state index in [-0.39, 0.29) is 12.5 Å². The van der Waals surface area contributed by atoms with Gasteiger partial charge < -0.3 is 20.2 Å². The van der Waals surface area contributed by atoms with Gasteiger partial charge in [0.15, 0.2) is 0 Å². The molecule has 3 N–H and O–H groups in total. The first-order valence-electron chi connectivity index (χ1n) is 6.43. The van der Waals surface area contributed by atoms with Crippen LogP contribution in [0, 0.1) is 0 Å². The molecule has 1 unspecified atom stereocenters. The van der Waals surface area contributed by atoms with Gasteiger partial charge >= 0.3 is 0 Å². The molecule has 1 heterocycles. The molecule has 1 aromatic heterocycles. The molecule has 0 fully saturated rings. The highest BCUT2D eigenvalue weighted by atomic mass is 16.3. The Morgan fingerprint density at radius 2 is 1.90 bits per heavy atom. The van der Waals surface area contributed by atoms with Crippen LogP contribution < -0.4 is 10.6 Å². The number of carbonyl (C=O) groups is 2. The Morgan fingerprint density at radius 3 is 2.48 bits per heavy atom. The summed E-state index contributed by atoms with van der Waals surface area (Å²) in [4.78, 5) is 23.7. The van der Waals surface area contributed by atoms with Crippen molar-refractivity contribution in [3.63, 3.8) is 0 Å². The van der Waals surface area contributed by atoms with Crippen molar-refractivity contribution in [3.05, 3.63) is 59.5 Å². The molecule has 0 spiro atoms. The largest absolute Gasteiger partial charge is 0.467 e. The Morgan fingerprint density at radius 1 is 1.19 bits per heavy atom. The normalized spacial score (nSPS) is 11.7. The summed E-state index contributed by atoms with van der Waals surface area (Å²) in [6.07, 6.45) is 1.47. The summed E-state index contributed by atoms with van der Waals surface area (Å²) in [5.74, 6) is -0.195. The smallest absolute Gasteiger partial charge is 0.251 e. The molecule has 110 valence electrons. The van der Waals surface area contributed by atoms with Gasteiger partial charge in [-0.3, -0.25) is 9.59 Å². The van der Waals surface area contributed by atoms with E-state index in [1.165, 1.54) is 19.4 Å². The number of benzene rings is 1. The van der Waals surface area contributed by atoms with Gasteiger partial charge in [0, 0.05) is 18.2 Å². The second-order valence-electron chi connectivity index (χ2n) is 4.38. The molecule has 2 rings (SSSR count). The van der Waals surface area contributed by atoms with E-state index in [9.17, 15) is 14.7 Å². The second-order valence-corrected chi connectivity index (χ2v) is 4.38. The molecule has 0 aliphatic carbocycles. The lowest BCUT2D eigenvalue weighted by Gasteiger charge is -2.14. The minimum Gasteiger partial charge on any atom is -0.467 e. The van der Waals surface area contributed by atoms with Crippen molar-refractivity contribution in [1.82, 2.24) is 10.6 Å². The van der Waals surface area contributed by atoms with Crippen molar-refractivity contribution in [1.29, 1.82) is 0 Å². The molecule has 1 atom stereocenters. The van der Waals surface area contributed by atoms with Gasteiger partial charge in [-0.2, -0.15) is 0 Å². The standard InChI is InChI=1S/C15H16N2O4/c1-16-14(19)10-4-2-5-11(8-10)15(20)17-12(9-18)13-6-3-7-21-13/h2-8,12,18H,9H2,1H3,(H,16,19)(H,17,20). The predicted octanol–water partition coefficient (Wildman–Crippen LogP) is 1.10. The van der Waals surface area contributed by atoms with Gasteiger partial charge in [-0.15, -0.1) is 0 Å². The first kappa shape index (κ1) is 14.8. The minimum atomic E-state index is -0.629. The molecule has 1 aromatic carbocycles. The van der Waals surface area contributed by atoms with E-state index in [1.54, 1.807) is 30.3 Å². The van der Waals surface area contributed by atoms with Gasteiger partial charge in [0.25, 0.3) is 11.8 Å². The van der Waals surface area contributed by atoms with Crippen LogP contribution in [-0.4, -0.2) is 30.6 Å². The third-order valence-corrected chi connectivity index (χ3v) is 2.99. The minimum absolute atomic E-state index is 0.269. The summed E-state index contributed by atoms with van der Waals surface area (Å²) in [6, 6.07) is 9.05. The second kappa shape index (κ2) is 6.71. The van der Waals surface area contributed by atoms with Gasteiger partial charge in [0.05, 0.1) is 12.9 Å². The number of rotatable bonds is 5. The van der Waals surface area contributed by atoms with Crippen LogP contribution in [-0.2, 0) is 0 Å². The Labute approximate surface area is 121 Å². The molecule has 21 heavy (non-hydrogen) atoms. The molecule has 6 heteroatoms. The van der Waals surface area contributed by atoms with Crippen molar-refractivity contribution in [2.24, 2.45) is 0 Å². The van der Waals surface area contributed by atoms with E-state index >= 15 is 0 Å². The quantitative estimate of drug-likeness (QED) is 0.768. The summed E-state index contributed by atoms with van der Waals surface area (Å²) >= 11 is 0. The molecule has 0 saturated carbocycles. The maximum Gasteiger partial charge on any atom is 0.251 e. The predicted molar refractivity (Wildman–Crippen MR) is 75.8 cm³/mol. The average Bonchev–Trinajstić information content (AvgIpc) is 3.05. The Kier molecular flexibility index (Phi) is 4.73. The van der Waals surface area contributed by atoms with E-state index in [1.807, 2.05) is 0 Å². The number of hydrogen-bond acceptors (Lipinski definition) is 4. The molecule has 0 saturated heterocycles. The average molecular weight is 288 g/mol. The van der Waals surface area contributed by atoms with Crippen molar-refractivity contribution < 1.29 is 19.1 Å². The Hall–Kier alpha value is -2.60. The van der Waals surface area contributed by atoms with E-state index in [0.29, 0.717) is 16.9 Å². The highest BCUT2D eigenvalue weighted by Crippen LogP contribution is 2.14. The highest BCUT2D eigenvalue weighted by molar-refractivity contribution is 5.99. The summed E-state index contributed by atoms with van der Waals surface area (Å²) in [5.41, 5.74) is 0.727. The number of carbonyl (C=O) groups excluding carboxylic acids is 2. The van der Waals surface area contributed by atoms with Crippen LogP contribution in [0.15, 0.2) is 47.1 Å². The molecule has 0 bridgehead atoms. The van der Waals surface area contributed by atoms with E-state index in [0.717, 1.165) is 0 Å². The number of aliphatic hydroxyl groups excluding tert-OH is 1. The van der Waals surface area contributed by atoms with Crippen LogP contribution in [0.4, 0.5) is 0 Å². The summed E-state index contributed by atoms with van der Waals surface area (Å²) in [5, 5.41) is 14.5.